The van der Waals surface area contributed by atoms with E-state index in [4.69, 9.17) is 14.6 Å². The zero-order valence-electron chi connectivity index (χ0n) is 14.9. The number of morpholine rings is 1. The molecule has 3 heterocycles. The van der Waals surface area contributed by atoms with E-state index in [1.807, 2.05) is 12.3 Å². The summed E-state index contributed by atoms with van der Waals surface area (Å²) in [6, 6.07) is 6.10. The number of fused-ring (bicyclic) bond motifs is 1. The van der Waals surface area contributed by atoms with Gasteiger partial charge in [0.25, 0.3) is 0 Å². The number of hydrogen-bond acceptors (Lipinski definition) is 6. The van der Waals surface area contributed by atoms with Crippen LogP contribution < -0.4 is 4.74 Å². The summed E-state index contributed by atoms with van der Waals surface area (Å²) in [5.74, 6) is 1.42. The molecule has 2 aliphatic rings. The number of phenolic OH excluding ortho intramolecular Hbond substituents is 1. The van der Waals surface area contributed by atoms with Crippen LogP contribution in [0.5, 0.6) is 11.5 Å². The highest BCUT2D eigenvalue weighted by Gasteiger charge is 2.38. The molecule has 1 aromatic carbocycles. The van der Waals surface area contributed by atoms with Crippen LogP contribution in [0.15, 0.2) is 30.6 Å². The predicted octanol–water partition coefficient (Wildman–Crippen LogP) is 1.66. The van der Waals surface area contributed by atoms with Crippen LogP contribution in [0.4, 0.5) is 0 Å². The average Bonchev–Trinajstić information content (AvgIpc) is 3.28. The normalized spacial score (nSPS) is 26.0. The minimum absolute atomic E-state index is 0.114. The summed E-state index contributed by atoms with van der Waals surface area (Å²) in [4.78, 5) is 6.98. The zero-order valence-corrected chi connectivity index (χ0v) is 14.9. The lowest BCUT2D eigenvalue weighted by molar-refractivity contribution is -0.0567. The predicted molar refractivity (Wildman–Crippen MR) is 96.3 cm³/mol. The van der Waals surface area contributed by atoms with Gasteiger partial charge >= 0.3 is 0 Å². The van der Waals surface area contributed by atoms with Crippen LogP contribution in [-0.2, 0) is 4.74 Å². The monoisotopic (exact) mass is 359 g/mol. The third kappa shape index (κ3) is 3.18. The first-order valence-corrected chi connectivity index (χ1v) is 9.06. The highest BCUT2D eigenvalue weighted by Crippen LogP contribution is 2.35. The van der Waals surface area contributed by atoms with Crippen molar-refractivity contribution in [3.05, 3.63) is 30.6 Å². The molecule has 7 heteroatoms. The van der Waals surface area contributed by atoms with Gasteiger partial charge < -0.3 is 24.3 Å². The topological polar surface area (TPSA) is 80.0 Å². The second-order valence-corrected chi connectivity index (χ2v) is 7.01. The molecule has 2 aromatic rings. The lowest BCUT2D eigenvalue weighted by Crippen LogP contribution is -2.46. The largest absolute Gasteiger partial charge is 0.504 e. The SMILES string of the molecule is COc1ccc(-c2nccn2[C@H]2C[C@H]3CO[C@@H](CCO)CN3C2)cc1O. The average molecular weight is 359 g/mol. The number of benzene rings is 1. The lowest BCUT2D eigenvalue weighted by Gasteiger charge is -2.34. The van der Waals surface area contributed by atoms with Gasteiger partial charge in [-0.2, -0.15) is 0 Å². The number of imidazole rings is 1. The first-order valence-electron chi connectivity index (χ1n) is 9.06. The third-order valence-corrected chi connectivity index (χ3v) is 5.42. The van der Waals surface area contributed by atoms with E-state index in [0.29, 0.717) is 30.9 Å². The maximum absolute atomic E-state index is 10.1. The molecule has 3 atom stereocenters. The molecule has 0 unspecified atom stereocenters. The summed E-state index contributed by atoms with van der Waals surface area (Å²) in [6.45, 7) is 2.70. The van der Waals surface area contributed by atoms with Crippen LogP contribution in [0.2, 0.25) is 0 Å². The lowest BCUT2D eigenvalue weighted by atomic mass is 10.1. The van der Waals surface area contributed by atoms with Gasteiger partial charge in [-0.05, 0) is 31.0 Å². The summed E-state index contributed by atoms with van der Waals surface area (Å²) >= 11 is 0. The van der Waals surface area contributed by atoms with Crippen LogP contribution in [-0.4, -0.2) is 70.2 Å². The zero-order chi connectivity index (χ0) is 18.1. The molecular weight excluding hydrogens is 334 g/mol. The molecule has 4 rings (SSSR count). The molecule has 0 aliphatic carbocycles. The van der Waals surface area contributed by atoms with Crippen LogP contribution in [0.1, 0.15) is 18.9 Å². The number of rotatable bonds is 5. The van der Waals surface area contributed by atoms with Crippen molar-refractivity contribution in [2.75, 3.05) is 33.4 Å². The minimum atomic E-state index is 0.114. The van der Waals surface area contributed by atoms with Gasteiger partial charge in [0.15, 0.2) is 11.5 Å². The fraction of sp³-hybridized carbons (Fsp3) is 0.526. The van der Waals surface area contributed by atoms with Gasteiger partial charge in [-0.15, -0.1) is 0 Å². The second kappa shape index (κ2) is 7.26. The standard InChI is InChI=1S/C19H25N3O4/c1-25-18-3-2-13(8-17(18)24)19-20-5-6-22(19)14-9-15-12-26-16(4-7-23)11-21(15)10-14/h2-3,5-6,8,14-16,23-24H,4,7,9-12H2,1H3/t14-,15-,16-/m0/s1. The van der Waals surface area contributed by atoms with E-state index in [2.05, 4.69) is 14.5 Å². The fourth-order valence-corrected chi connectivity index (χ4v) is 4.10. The van der Waals surface area contributed by atoms with Crippen molar-refractivity contribution < 1.29 is 19.7 Å². The van der Waals surface area contributed by atoms with E-state index in [9.17, 15) is 5.11 Å². The van der Waals surface area contributed by atoms with Gasteiger partial charge in [0.1, 0.15) is 5.82 Å². The Morgan fingerprint density at radius 3 is 2.96 bits per heavy atom. The first kappa shape index (κ1) is 17.3. The highest BCUT2D eigenvalue weighted by atomic mass is 16.5. The molecule has 2 aliphatic heterocycles. The Hall–Kier alpha value is -2.09. The van der Waals surface area contributed by atoms with E-state index >= 15 is 0 Å². The maximum atomic E-state index is 10.1. The van der Waals surface area contributed by atoms with E-state index in [1.54, 1.807) is 18.3 Å². The van der Waals surface area contributed by atoms with Crippen LogP contribution in [0, 0.1) is 0 Å². The second-order valence-electron chi connectivity index (χ2n) is 7.01. The summed E-state index contributed by atoms with van der Waals surface area (Å²) in [6.07, 6.45) is 5.63. The third-order valence-electron chi connectivity index (χ3n) is 5.42. The van der Waals surface area contributed by atoms with Gasteiger partial charge in [-0.25, -0.2) is 4.98 Å². The number of aromatic nitrogens is 2. The molecule has 0 saturated carbocycles. The van der Waals surface area contributed by atoms with Crippen LogP contribution >= 0.6 is 0 Å². The number of aliphatic hydroxyl groups is 1. The Balaban J connectivity index is 1.54. The molecule has 0 bridgehead atoms. The van der Waals surface area contributed by atoms with Gasteiger partial charge in [-0.3, -0.25) is 4.90 Å². The van der Waals surface area contributed by atoms with Crippen LogP contribution in [0.25, 0.3) is 11.4 Å². The molecule has 1 aromatic heterocycles. The van der Waals surface area contributed by atoms with Crippen molar-refractivity contribution >= 4 is 0 Å². The Kier molecular flexibility index (Phi) is 4.84. The van der Waals surface area contributed by atoms with E-state index in [-0.39, 0.29) is 18.5 Å². The number of aliphatic hydroxyl groups excluding tert-OH is 1. The molecule has 2 fully saturated rings. The smallest absolute Gasteiger partial charge is 0.160 e. The number of nitrogens with zero attached hydrogens (tertiary/aromatic N) is 3. The number of phenols is 1. The summed E-state index contributed by atoms with van der Waals surface area (Å²) < 4.78 is 13.2. The van der Waals surface area contributed by atoms with Crippen LogP contribution in [0.3, 0.4) is 0 Å². The molecule has 0 radical (unpaired) electrons. The van der Waals surface area contributed by atoms with Gasteiger partial charge in [0.2, 0.25) is 0 Å². The Bertz CT molecular complexity index is 763. The van der Waals surface area contributed by atoms with Crippen molar-refractivity contribution in [1.82, 2.24) is 14.5 Å². The molecule has 2 saturated heterocycles. The van der Waals surface area contributed by atoms with Gasteiger partial charge in [0.05, 0.1) is 19.8 Å². The number of hydrogen-bond donors (Lipinski definition) is 2. The molecule has 2 N–H and O–H groups in total. The van der Waals surface area contributed by atoms with Crippen molar-refractivity contribution in [2.24, 2.45) is 0 Å². The van der Waals surface area contributed by atoms with E-state index in [0.717, 1.165) is 30.9 Å². The van der Waals surface area contributed by atoms with Gasteiger partial charge in [0, 0.05) is 49.7 Å². The molecule has 0 amide bonds. The molecule has 0 spiro atoms. The van der Waals surface area contributed by atoms with E-state index < -0.39 is 0 Å². The van der Waals surface area contributed by atoms with E-state index in [1.165, 1.54) is 7.11 Å². The van der Waals surface area contributed by atoms with Gasteiger partial charge in [-0.1, -0.05) is 0 Å². The van der Waals surface area contributed by atoms with Crippen molar-refractivity contribution in [3.8, 4) is 22.9 Å². The fourth-order valence-electron chi connectivity index (χ4n) is 4.10. The summed E-state index contributed by atoms with van der Waals surface area (Å²) in [5.41, 5.74) is 0.868. The first-order chi connectivity index (χ1) is 12.7. The van der Waals surface area contributed by atoms with Crippen molar-refractivity contribution in [3.63, 3.8) is 0 Å². The Labute approximate surface area is 152 Å². The maximum Gasteiger partial charge on any atom is 0.160 e. The number of methoxy groups -OCH3 is 1. The summed E-state index contributed by atoms with van der Waals surface area (Å²) in [5, 5.41) is 19.2. The van der Waals surface area contributed by atoms with Crippen molar-refractivity contribution in [2.45, 2.75) is 31.0 Å². The Morgan fingerprint density at radius 1 is 1.31 bits per heavy atom. The van der Waals surface area contributed by atoms with Crippen molar-refractivity contribution in [1.29, 1.82) is 0 Å². The Morgan fingerprint density at radius 2 is 2.19 bits per heavy atom. The molecule has 7 nitrogen and oxygen atoms in total. The summed E-state index contributed by atoms with van der Waals surface area (Å²) in [7, 11) is 1.54. The number of ether oxygens (including phenoxy) is 2. The molecular formula is C19H25N3O4. The highest BCUT2D eigenvalue weighted by molar-refractivity contribution is 5.61. The quantitative estimate of drug-likeness (QED) is 0.845. The number of aromatic hydroxyl groups is 1. The molecule has 140 valence electrons. The molecule has 26 heavy (non-hydrogen) atoms. The minimum Gasteiger partial charge on any atom is -0.504 e.